The molecule has 2 N–H and O–H groups in total. The van der Waals surface area contributed by atoms with E-state index in [2.05, 4.69) is 22.1 Å². The van der Waals surface area contributed by atoms with Crippen molar-refractivity contribution in [1.29, 1.82) is 0 Å². The minimum atomic E-state index is -0.962. The molecule has 0 radical (unpaired) electrons. The maximum absolute atomic E-state index is 11.2. The van der Waals surface area contributed by atoms with Crippen molar-refractivity contribution < 1.29 is 14.6 Å². The lowest BCUT2D eigenvalue weighted by atomic mass is 9.90. The average molecular weight is 313 g/mol. The van der Waals surface area contributed by atoms with E-state index in [1.165, 1.54) is 11.3 Å². The van der Waals surface area contributed by atoms with Gasteiger partial charge >= 0.3 is 5.97 Å². The van der Waals surface area contributed by atoms with E-state index < -0.39 is 11.4 Å². The third-order valence-electron chi connectivity index (χ3n) is 3.83. The van der Waals surface area contributed by atoms with Crippen LogP contribution in [0.25, 0.3) is 0 Å². The molecule has 2 heterocycles. The second kappa shape index (κ2) is 6.72. The number of aromatic nitrogens is 1. The van der Waals surface area contributed by atoms with Gasteiger partial charge in [0, 0.05) is 25.0 Å². The highest BCUT2D eigenvalue weighted by Crippen LogP contribution is 2.27. The number of nitrogens with zero attached hydrogens (tertiary/aromatic N) is 2. The van der Waals surface area contributed by atoms with E-state index in [1.54, 1.807) is 19.2 Å². The molecule has 7 heteroatoms. The summed E-state index contributed by atoms with van der Waals surface area (Å²) < 4.78 is 5.72. The standard InChI is InChI=1S/C14H23N3O3S/c1-4-17-5-6-20-10(8-17)7-15-13-16-11(9-21-13)14(2,3)12(18)19/h9-10H,4-8H2,1-3H3,(H,15,16)(H,18,19). The number of hydrogen-bond donors (Lipinski definition) is 2. The van der Waals surface area contributed by atoms with Gasteiger partial charge in [-0.25, -0.2) is 4.98 Å². The summed E-state index contributed by atoms with van der Waals surface area (Å²) in [6, 6.07) is 0. The molecule has 1 aliphatic heterocycles. The number of rotatable bonds is 6. The summed E-state index contributed by atoms with van der Waals surface area (Å²) in [5.41, 5.74) is -0.376. The van der Waals surface area contributed by atoms with Gasteiger partial charge in [-0.1, -0.05) is 6.92 Å². The molecule has 0 aromatic carbocycles. The van der Waals surface area contributed by atoms with Gasteiger partial charge in [0.2, 0.25) is 0 Å². The van der Waals surface area contributed by atoms with Crippen molar-refractivity contribution >= 4 is 22.4 Å². The van der Waals surface area contributed by atoms with Crippen molar-refractivity contribution in [1.82, 2.24) is 9.88 Å². The summed E-state index contributed by atoms with van der Waals surface area (Å²) >= 11 is 1.43. The first kappa shape index (κ1) is 16.2. The minimum Gasteiger partial charge on any atom is -0.481 e. The van der Waals surface area contributed by atoms with Gasteiger partial charge < -0.3 is 15.2 Å². The van der Waals surface area contributed by atoms with E-state index in [0.29, 0.717) is 12.2 Å². The monoisotopic (exact) mass is 313 g/mol. The van der Waals surface area contributed by atoms with Crippen molar-refractivity contribution in [3.8, 4) is 0 Å². The highest BCUT2D eigenvalue weighted by atomic mass is 32.1. The number of likely N-dealkylation sites (N-methyl/N-ethyl adjacent to an activating group) is 1. The third kappa shape index (κ3) is 3.93. The number of carboxylic acids is 1. The Bertz CT molecular complexity index is 490. The molecule has 1 aromatic heterocycles. The van der Waals surface area contributed by atoms with Crippen molar-refractivity contribution in [2.24, 2.45) is 0 Å². The van der Waals surface area contributed by atoms with Crippen LogP contribution in [0, 0.1) is 0 Å². The van der Waals surface area contributed by atoms with Crippen LogP contribution in [0.1, 0.15) is 26.5 Å². The van der Waals surface area contributed by atoms with Crippen molar-refractivity contribution in [3.63, 3.8) is 0 Å². The van der Waals surface area contributed by atoms with E-state index >= 15 is 0 Å². The second-order valence-electron chi connectivity index (χ2n) is 5.73. The van der Waals surface area contributed by atoms with Crippen LogP contribution in [0.2, 0.25) is 0 Å². The first-order chi connectivity index (χ1) is 9.93. The molecular weight excluding hydrogens is 290 g/mol. The lowest BCUT2D eigenvalue weighted by molar-refractivity contribution is -0.142. The summed E-state index contributed by atoms with van der Waals surface area (Å²) in [6.07, 6.45) is 0.151. The predicted octanol–water partition coefficient (Wildman–Crippen LogP) is 1.64. The lowest BCUT2D eigenvalue weighted by Gasteiger charge is -2.32. The van der Waals surface area contributed by atoms with Crippen LogP contribution >= 0.6 is 11.3 Å². The fourth-order valence-electron chi connectivity index (χ4n) is 2.14. The summed E-state index contributed by atoms with van der Waals surface area (Å²) in [7, 11) is 0. The van der Waals surface area contributed by atoms with Gasteiger partial charge in [0.25, 0.3) is 0 Å². The molecule has 1 saturated heterocycles. The zero-order valence-corrected chi connectivity index (χ0v) is 13.6. The van der Waals surface area contributed by atoms with E-state index in [-0.39, 0.29) is 6.10 Å². The molecule has 118 valence electrons. The van der Waals surface area contributed by atoms with Gasteiger partial charge in [0.05, 0.1) is 18.4 Å². The number of thiazole rings is 1. The molecule has 0 bridgehead atoms. The Labute approximate surface area is 129 Å². The van der Waals surface area contributed by atoms with Crippen molar-refractivity contribution in [2.45, 2.75) is 32.3 Å². The number of hydrogen-bond acceptors (Lipinski definition) is 6. The van der Waals surface area contributed by atoms with Crippen LogP contribution < -0.4 is 5.32 Å². The van der Waals surface area contributed by atoms with E-state index in [9.17, 15) is 9.90 Å². The molecule has 6 nitrogen and oxygen atoms in total. The molecule has 0 saturated carbocycles. The Morgan fingerprint density at radius 2 is 2.43 bits per heavy atom. The largest absolute Gasteiger partial charge is 0.481 e. The maximum Gasteiger partial charge on any atom is 0.315 e. The van der Waals surface area contributed by atoms with Crippen LogP contribution in [-0.4, -0.2) is 59.8 Å². The SMILES string of the molecule is CCN1CCOC(CNc2nc(C(C)(C)C(=O)O)cs2)C1. The quantitative estimate of drug-likeness (QED) is 0.831. The van der Waals surface area contributed by atoms with Gasteiger partial charge in [0.1, 0.15) is 5.41 Å². The molecule has 0 amide bonds. The molecule has 1 unspecified atom stereocenters. The Morgan fingerprint density at radius 1 is 1.67 bits per heavy atom. The van der Waals surface area contributed by atoms with Gasteiger partial charge in [-0.2, -0.15) is 0 Å². The number of carboxylic acid groups (broad SMARTS) is 1. The van der Waals surface area contributed by atoms with Gasteiger partial charge in [-0.05, 0) is 20.4 Å². The van der Waals surface area contributed by atoms with Crippen molar-refractivity contribution in [3.05, 3.63) is 11.1 Å². The molecule has 2 rings (SSSR count). The highest BCUT2D eigenvalue weighted by Gasteiger charge is 2.32. The smallest absolute Gasteiger partial charge is 0.315 e. The van der Waals surface area contributed by atoms with Crippen LogP contribution in [0.15, 0.2) is 5.38 Å². The third-order valence-corrected chi connectivity index (χ3v) is 4.63. The summed E-state index contributed by atoms with van der Waals surface area (Å²) in [4.78, 5) is 18.0. The van der Waals surface area contributed by atoms with Crippen LogP contribution in [0.3, 0.4) is 0 Å². The number of nitrogens with one attached hydrogen (secondary N) is 1. The topological polar surface area (TPSA) is 74.7 Å². The van der Waals surface area contributed by atoms with Crippen LogP contribution in [0.5, 0.6) is 0 Å². The molecule has 1 atom stereocenters. The molecule has 1 aliphatic rings. The number of carbonyl (C=O) groups is 1. The molecule has 0 aliphatic carbocycles. The average Bonchev–Trinajstić information content (AvgIpc) is 2.94. The molecular formula is C14H23N3O3S. The minimum absolute atomic E-state index is 0.151. The van der Waals surface area contributed by atoms with Crippen molar-refractivity contribution in [2.75, 3.05) is 38.1 Å². The summed E-state index contributed by atoms with van der Waals surface area (Å²) in [5.74, 6) is -0.867. The van der Waals surface area contributed by atoms with E-state index in [1.807, 2.05) is 0 Å². The predicted molar refractivity (Wildman–Crippen MR) is 83.1 cm³/mol. The number of aliphatic carboxylic acids is 1. The molecule has 21 heavy (non-hydrogen) atoms. The normalized spacial score (nSPS) is 20.4. The van der Waals surface area contributed by atoms with Crippen LogP contribution in [0.4, 0.5) is 5.13 Å². The Balaban J connectivity index is 1.90. The summed E-state index contributed by atoms with van der Waals surface area (Å²) in [6.45, 7) is 9.87. The van der Waals surface area contributed by atoms with Gasteiger partial charge in [0.15, 0.2) is 5.13 Å². The highest BCUT2D eigenvalue weighted by molar-refractivity contribution is 7.13. The molecule has 1 fully saturated rings. The molecule has 0 spiro atoms. The Hall–Kier alpha value is -1.18. The van der Waals surface area contributed by atoms with E-state index in [0.717, 1.165) is 31.4 Å². The van der Waals surface area contributed by atoms with Gasteiger partial charge in [-0.3, -0.25) is 9.69 Å². The number of ether oxygens (including phenoxy) is 1. The first-order valence-corrected chi connectivity index (χ1v) is 8.08. The number of anilines is 1. The van der Waals surface area contributed by atoms with Gasteiger partial charge in [-0.15, -0.1) is 11.3 Å². The Morgan fingerprint density at radius 3 is 3.10 bits per heavy atom. The fraction of sp³-hybridized carbons (Fsp3) is 0.714. The number of morpholine rings is 1. The zero-order chi connectivity index (χ0) is 15.5. The summed E-state index contributed by atoms with van der Waals surface area (Å²) in [5, 5.41) is 15.0. The zero-order valence-electron chi connectivity index (χ0n) is 12.8. The second-order valence-corrected chi connectivity index (χ2v) is 6.59. The fourth-order valence-corrected chi connectivity index (χ4v) is 3.03. The Kier molecular flexibility index (Phi) is 5.18. The maximum atomic E-state index is 11.2. The van der Waals surface area contributed by atoms with E-state index in [4.69, 9.17) is 4.74 Å². The first-order valence-electron chi connectivity index (χ1n) is 7.20. The van der Waals surface area contributed by atoms with Crippen LogP contribution in [-0.2, 0) is 14.9 Å². The molecule has 1 aromatic rings. The lowest BCUT2D eigenvalue weighted by Crippen LogP contribution is -2.45.